The molecule has 2 aromatic rings. The summed E-state index contributed by atoms with van der Waals surface area (Å²) in [5.41, 5.74) is 1.64. The topological polar surface area (TPSA) is 75.4 Å². The molecular weight excluding hydrogens is 288 g/mol. The Morgan fingerprint density at radius 2 is 2.33 bits per heavy atom. The SMILES string of the molecule is CC(C)CC(O)CNC(=O)Cc1csc(-c2ccoc2)n1. The van der Waals surface area contributed by atoms with Crippen LogP contribution in [-0.4, -0.2) is 28.6 Å². The summed E-state index contributed by atoms with van der Waals surface area (Å²) >= 11 is 1.48. The Morgan fingerprint density at radius 1 is 1.52 bits per heavy atom. The fraction of sp³-hybridized carbons (Fsp3) is 0.467. The standard InChI is InChI=1S/C15H20N2O3S/c1-10(2)5-13(18)7-16-14(19)6-12-9-21-15(17-12)11-3-4-20-8-11/h3-4,8-10,13,18H,5-7H2,1-2H3,(H,16,19). The monoisotopic (exact) mass is 308 g/mol. The van der Waals surface area contributed by atoms with Crippen LogP contribution in [0.15, 0.2) is 28.4 Å². The van der Waals surface area contributed by atoms with E-state index in [4.69, 9.17) is 4.42 Å². The first-order valence-corrected chi connectivity index (χ1v) is 7.84. The van der Waals surface area contributed by atoms with Gasteiger partial charge in [0.1, 0.15) is 11.3 Å². The molecule has 21 heavy (non-hydrogen) atoms. The van der Waals surface area contributed by atoms with Gasteiger partial charge in [0.2, 0.25) is 5.91 Å². The van der Waals surface area contributed by atoms with Crippen LogP contribution in [0.4, 0.5) is 0 Å². The van der Waals surface area contributed by atoms with Gasteiger partial charge in [-0.25, -0.2) is 4.98 Å². The van der Waals surface area contributed by atoms with E-state index in [-0.39, 0.29) is 18.9 Å². The zero-order valence-corrected chi connectivity index (χ0v) is 13.0. The molecule has 1 amide bonds. The first kappa shape index (κ1) is 15.7. The molecule has 0 aliphatic heterocycles. The van der Waals surface area contributed by atoms with Crippen molar-refractivity contribution in [2.24, 2.45) is 5.92 Å². The Kier molecular flexibility index (Phi) is 5.52. The van der Waals surface area contributed by atoms with Crippen molar-refractivity contribution in [3.05, 3.63) is 29.7 Å². The van der Waals surface area contributed by atoms with Crippen molar-refractivity contribution < 1.29 is 14.3 Å². The number of hydrogen-bond donors (Lipinski definition) is 2. The molecule has 0 aliphatic carbocycles. The molecule has 2 rings (SSSR count). The summed E-state index contributed by atoms with van der Waals surface area (Å²) in [4.78, 5) is 16.2. The van der Waals surface area contributed by atoms with Crippen molar-refractivity contribution in [1.82, 2.24) is 10.3 Å². The first-order valence-electron chi connectivity index (χ1n) is 6.96. The zero-order valence-electron chi connectivity index (χ0n) is 12.2. The largest absolute Gasteiger partial charge is 0.472 e. The molecule has 2 N–H and O–H groups in total. The van der Waals surface area contributed by atoms with Gasteiger partial charge in [0.15, 0.2) is 0 Å². The number of rotatable bonds is 7. The maximum atomic E-state index is 11.8. The molecule has 0 aromatic carbocycles. The van der Waals surface area contributed by atoms with Gasteiger partial charge in [-0.1, -0.05) is 13.8 Å². The van der Waals surface area contributed by atoms with Gasteiger partial charge in [0.05, 0.1) is 24.5 Å². The van der Waals surface area contributed by atoms with E-state index in [1.807, 2.05) is 25.3 Å². The lowest BCUT2D eigenvalue weighted by atomic mass is 10.1. The van der Waals surface area contributed by atoms with Gasteiger partial charge in [-0.2, -0.15) is 0 Å². The molecule has 1 atom stereocenters. The van der Waals surface area contributed by atoms with E-state index in [0.29, 0.717) is 12.3 Å². The van der Waals surface area contributed by atoms with Gasteiger partial charge in [-0.05, 0) is 18.4 Å². The number of thiazole rings is 1. The van der Waals surface area contributed by atoms with Crippen LogP contribution < -0.4 is 5.32 Å². The number of aliphatic hydroxyl groups excluding tert-OH is 1. The fourth-order valence-electron chi connectivity index (χ4n) is 1.99. The Bertz CT molecular complexity index is 563. The van der Waals surface area contributed by atoms with Crippen molar-refractivity contribution in [3.63, 3.8) is 0 Å². The van der Waals surface area contributed by atoms with Gasteiger partial charge in [-0.15, -0.1) is 11.3 Å². The number of carbonyl (C=O) groups is 1. The number of furan rings is 1. The average Bonchev–Trinajstić information content (AvgIpc) is 3.05. The minimum Gasteiger partial charge on any atom is -0.472 e. The lowest BCUT2D eigenvalue weighted by Gasteiger charge is -2.13. The van der Waals surface area contributed by atoms with Gasteiger partial charge in [0.25, 0.3) is 0 Å². The summed E-state index contributed by atoms with van der Waals surface area (Å²) < 4.78 is 5.02. The molecule has 0 saturated heterocycles. The molecule has 114 valence electrons. The van der Waals surface area contributed by atoms with E-state index in [1.165, 1.54) is 11.3 Å². The number of amides is 1. The molecule has 0 spiro atoms. The summed E-state index contributed by atoms with van der Waals surface area (Å²) in [6, 6.07) is 1.84. The number of nitrogens with one attached hydrogen (secondary N) is 1. The number of carbonyl (C=O) groups excluding carboxylic acids is 1. The van der Waals surface area contributed by atoms with Gasteiger partial charge < -0.3 is 14.8 Å². The molecule has 0 saturated carbocycles. The van der Waals surface area contributed by atoms with Crippen LogP contribution >= 0.6 is 11.3 Å². The minimum atomic E-state index is -0.495. The molecule has 0 radical (unpaired) electrons. The first-order chi connectivity index (χ1) is 10.0. The highest BCUT2D eigenvalue weighted by Crippen LogP contribution is 2.23. The van der Waals surface area contributed by atoms with Crippen LogP contribution in [0.5, 0.6) is 0 Å². The molecule has 1 unspecified atom stereocenters. The third-order valence-corrected chi connectivity index (χ3v) is 3.88. The maximum absolute atomic E-state index is 11.8. The van der Waals surface area contributed by atoms with Crippen LogP contribution in [-0.2, 0) is 11.2 Å². The number of aliphatic hydroxyl groups is 1. The zero-order chi connectivity index (χ0) is 15.2. The van der Waals surface area contributed by atoms with Crippen molar-refractivity contribution in [2.45, 2.75) is 32.8 Å². The predicted molar refractivity (Wildman–Crippen MR) is 82.0 cm³/mol. The summed E-state index contributed by atoms with van der Waals surface area (Å²) in [5.74, 6) is 0.287. The van der Waals surface area contributed by atoms with E-state index in [2.05, 4.69) is 10.3 Å². The molecule has 2 aromatic heterocycles. The van der Waals surface area contributed by atoms with Crippen molar-refractivity contribution >= 4 is 17.2 Å². The second kappa shape index (κ2) is 7.38. The highest BCUT2D eigenvalue weighted by Gasteiger charge is 2.12. The van der Waals surface area contributed by atoms with Gasteiger partial charge in [-0.3, -0.25) is 4.79 Å². The molecule has 0 aliphatic rings. The highest BCUT2D eigenvalue weighted by atomic mass is 32.1. The highest BCUT2D eigenvalue weighted by molar-refractivity contribution is 7.13. The summed E-state index contributed by atoms with van der Waals surface area (Å²) in [6.45, 7) is 4.37. The summed E-state index contributed by atoms with van der Waals surface area (Å²) in [7, 11) is 0. The third-order valence-electron chi connectivity index (χ3n) is 2.94. The van der Waals surface area contributed by atoms with E-state index < -0.39 is 6.10 Å². The normalized spacial score (nSPS) is 12.6. The van der Waals surface area contributed by atoms with Crippen LogP contribution in [0.1, 0.15) is 26.0 Å². The molecule has 6 heteroatoms. The molecular formula is C15H20N2O3S. The smallest absolute Gasteiger partial charge is 0.226 e. The van der Waals surface area contributed by atoms with E-state index in [1.54, 1.807) is 12.5 Å². The van der Waals surface area contributed by atoms with Crippen molar-refractivity contribution in [2.75, 3.05) is 6.54 Å². The van der Waals surface area contributed by atoms with Gasteiger partial charge >= 0.3 is 0 Å². The molecule has 5 nitrogen and oxygen atoms in total. The quantitative estimate of drug-likeness (QED) is 0.824. The van der Waals surface area contributed by atoms with Crippen LogP contribution in [0.3, 0.4) is 0 Å². The second-order valence-corrected chi connectivity index (χ2v) is 6.28. The Hall–Kier alpha value is -1.66. The predicted octanol–water partition coefficient (Wildman–Crippen LogP) is 2.47. The van der Waals surface area contributed by atoms with E-state index >= 15 is 0 Å². The second-order valence-electron chi connectivity index (χ2n) is 5.42. The van der Waals surface area contributed by atoms with Crippen LogP contribution in [0.2, 0.25) is 0 Å². The average molecular weight is 308 g/mol. The molecule has 0 bridgehead atoms. The van der Waals surface area contributed by atoms with Gasteiger partial charge in [0, 0.05) is 17.5 Å². The summed E-state index contributed by atoms with van der Waals surface area (Å²) in [5, 5.41) is 15.2. The van der Waals surface area contributed by atoms with Crippen LogP contribution in [0, 0.1) is 5.92 Å². The number of hydrogen-bond acceptors (Lipinski definition) is 5. The summed E-state index contributed by atoms with van der Waals surface area (Å²) in [6.07, 6.45) is 3.64. The maximum Gasteiger partial charge on any atom is 0.226 e. The fourth-order valence-corrected chi connectivity index (χ4v) is 2.80. The Labute approximate surface area is 128 Å². The third kappa shape index (κ3) is 4.99. The lowest BCUT2D eigenvalue weighted by Crippen LogP contribution is -2.33. The van der Waals surface area contributed by atoms with Crippen molar-refractivity contribution in [3.8, 4) is 10.6 Å². The van der Waals surface area contributed by atoms with E-state index in [0.717, 1.165) is 16.3 Å². The van der Waals surface area contributed by atoms with Crippen molar-refractivity contribution in [1.29, 1.82) is 0 Å². The Morgan fingerprint density at radius 3 is 3.00 bits per heavy atom. The molecule has 2 heterocycles. The minimum absolute atomic E-state index is 0.123. The number of nitrogens with zero attached hydrogens (tertiary/aromatic N) is 1. The molecule has 0 fully saturated rings. The number of aromatic nitrogens is 1. The van der Waals surface area contributed by atoms with E-state index in [9.17, 15) is 9.90 Å². The van der Waals surface area contributed by atoms with Crippen LogP contribution in [0.25, 0.3) is 10.6 Å². The lowest BCUT2D eigenvalue weighted by molar-refractivity contribution is -0.121. The Balaban J connectivity index is 1.80.